The van der Waals surface area contributed by atoms with Gasteiger partial charge in [-0.3, -0.25) is 4.79 Å². The van der Waals surface area contributed by atoms with Gasteiger partial charge < -0.3 is 10.2 Å². The Labute approximate surface area is 163 Å². The summed E-state index contributed by atoms with van der Waals surface area (Å²) >= 11 is 7.54. The second-order valence-corrected chi connectivity index (χ2v) is 7.95. The van der Waals surface area contributed by atoms with Crippen molar-refractivity contribution in [3.8, 4) is 11.1 Å². The minimum atomic E-state index is 0.0180. The van der Waals surface area contributed by atoms with E-state index in [2.05, 4.69) is 10.2 Å². The lowest BCUT2D eigenvalue weighted by Gasteiger charge is -2.16. The van der Waals surface area contributed by atoms with Crippen LogP contribution >= 0.6 is 22.9 Å². The molecule has 1 heterocycles. The van der Waals surface area contributed by atoms with Crippen LogP contribution in [0.15, 0.2) is 66.7 Å². The van der Waals surface area contributed by atoms with Gasteiger partial charge in [0.1, 0.15) is 0 Å². The number of hydrogen-bond donors (Lipinski definition) is 1. The topological polar surface area (TPSA) is 32.3 Å². The van der Waals surface area contributed by atoms with E-state index in [0.29, 0.717) is 13.0 Å². The molecule has 5 heteroatoms. The molecule has 1 N–H and O–H groups in total. The number of amides is 1. The summed E-state index contributed by atoms with van der Waals surface area (Å²) in [5.41, 5.74) is 2.97. The Bertz CT molecular complexity index is 863. The van der Waals surface area contributed by atoms with Crippen LogP contribution in [0.4, 0.5) is 5.69 Å². The van der Waals surface area contributed by atoms with Gasteiger partial charge in [-0.2, -0.15) is 0 Å². The average Bonchev–Trinajstić information content (AvgIpc) is 3.06. The zero-order valence-corrected chi connectivity index (χ0v) is 16.2. The molecule has 0 atom stereocenters. The van der Waals surface area contributed by atoms with Gasteiger partial charge in [0.25, 0.3) is 0 Å². The number of halogens is 1. The molecule has 1 amide bonds. The number of carbonyl (C=O) groups is 1. The fraction of sp³-hybridized carbons (Fsp3) is 0.190. The van der Waals surface area contributed by atoms with Crippen molar-refractivity contribution in [2.45, 2.75) is 13.0 Å². The molecule has 0 fully saturated rings. The molecule has 26 heavy (non-hydrogen) atoms. The highest BCUT2D eigenvalue weighted by Gasteiger charge is 2.10. The summed E-state index contributed by atoms with van der Waals surface area (Å²) < 4.78 is 0.795. The Morgan fingerprint density at radius 1 is 1.04 bits per heavy atom. The number of hydrogen-bond acceptors (Lipinski definition) is 3. The van der Waals surface area contributed by atoms with Crippen molar-refractivity contribution in [2.24, 2.45) is 0 Å². The number of rotatable bonds is 7. The number of nitrogens with one attached hydrogen (secondary N) is 1. The SMILES string of the molecule is CN(CCC(=O)Nc1ccccc1-c1ccccc1)Cc1ccc(Cl)s1. The maximum absolute atomic E-state index is 12.4. The summed E-state index contributed by atoms with van der Waals surface area (Å²) in [4.78, 5) is 15.7. The van der Waals surface area contributed by atoms with Crippen molar-refractivity contribution in [1.29, 1.82) is 0 Å². The molecule has 0 spiro atoms. The maximum Gasteiger partial charge on any atom is 0.225 e. The molecule has 0 saturated heterocycles. The molecule has 1 aromatic heterocycles. The maximum atomic E-state index is 12.4. The first-order chi connectivity index (χ1) is 12.6. The first-order valence-electron chi connectivity index (χ1n) is 8.49. The van der Waals surface area contributed by atoms with Crippen LogP contribution in [0.25, 0.3) is 11.1 Å². The number of nitrogens with zero attached hydrogens (tertiary/aromatic N) is 1. The molecular weight excluding hydrogens is 364 g/mol. The largest absolute Gasteiger partial charge is 0.325 e. The van der Waals surface area contributed by atoms with E-state index in [1.54, 1.807) is 11.3 Å². The molecule has 0 saturated carbocycles. The molecule has 0 aliphatic rings. The number of para-hydroxylation sites is 1. The molecule has 2 aromatic carbocycles. The zero-order valence-electron chi connectivity index (χ0n) is 14.6. The Kier molecular flexibility index (Phi) is 6.45. The van der Waals surface area contributed by atoms with E-state index < -0.39 is 0 Å². The average molecular weight is 385 g/mol. The Balaban J connectivity index is 1.57. The van der Waals surface area contributed by atoms with Crippen molar-refractivity contribution >= 4 is 34.5 Å². The smallest absolute Gasteiger partial charge is 0.225 e. The number of anilines is 1. The van der Waals surface area contributed by atoms with Gasteiger partial charge in [-0.05, 0) is 30.8 Å². The standard InChI is InChI=1S/C21H21ClN2OS/c1-24(15-17-11-12-20(22)26-17)14-13-21(25)23-19-10-6-5-9-18(19)16-7-3-2-4-8-16/h2-12H,13-15H2,1H3,(H,23,25). The number of carbonyl (C=O) groups excluding carboxylic acids is 1. The molecular formula is C21H21ClN2OS. The lowest BCUT2D eigenvalue weighted by molar-refractivity contribution is -0.116. The predicted octanol–water partition coefficient (Wildman–Crippen LogP) is 5.53. The summed E-state index contributed by atoms with van der Waals surface area (Å²) in [5.74, 6) is 0.0180. The van der Waals surface area contributed by atoms with E-state index in [-0.39, 0.29) is 5.91 Å². The van der Waals surface area contributed by atoms with E-state index in [1.165, 1.54) is 4.88 Å². The van der Waals surface area contributed by atoms with Crippen LogP contribution in [0.3, 0.4) is 0 Å². The quantitative estimate of drug-likeness (QED) is 0.580. The fourth-order valence-corrected chi connectivity index (χ4v) is 3.92. The highest BCUT2D eigenvalue weighted by molar-refractivity contribution is 7.16. The molecule has 0 aliphatic carbocycles. The second kappa shape index (κ2) is 8.99. The van der Waals surface area contributed by atoms with Gasteiger partial charge in [-0.15, -0.1) is 11.3 Å². The lowest BCUT2D eigenvalue weighted by Crippen LogP contribution is -2.23. The van der Waals surface area contributed by atoms with Crippen molar-refractivity contribution < 1.29 is 4.79 Å². The van der Waals surface area contributed by atoms with E-state index in [1.807, 2.05) is 73.8 Å². The summed E-state index contributed by atoms with van der Waals surface area (Å²) in [5, 5.41) is 3.05. The monoisotopic (exact) mass is 384 g/mol. The first kappa shape index (κ1) is 18.6. The Morgan fingerprint density at radius 3 is 2.50 bits per heavy atom. The minimum absolute atomic E-state index is 0.0180. The first-order valence-corrected chi connectivity index (χ1v) is 9.68. The van der Waals surface area contributed by atoms with Crippen LogP contribution in [0, 0.1) is 0 Å². The van der Waals surface area contributed by atoms with Crippen molar-refractivity contribution in [1.82, 2.24) is 4.90 Å². The summed E-state index contributed by atoms with van der Waals surface area (Å²) in [6.45, 7) is 1.49. The fourth-order valence-electron chi connectivity index (χ4n) is 2.75. The van der Waals surface area contributed by atoms with Crippen LogP contribution in [0.2, 0.25) is 4.34 Å². The number of thiophene rings is 1. The van der Waals surface area contributed by atoms with Crippen molar-refractivity contribution in [2.75, 3.05) is 18.9 Å². The molecule has 134 valence electrons. The van der Waals surface area contributed by atoms with Gasteiger partial charge in [0.15, 0.2) is 0 Å². The van der Waals surface area contributed by atoms with Crippen LogP contribution in [-0.4, -0.2) is 24.4 Å². The normalized spacial score (nSPS) is 10.9. The molecule has 0 aliphatic heterocycles. The minimum Gasteiger partial charge on any atom is -0.325 e. The molecule has 3 nitrogen and oxygen atoms in total. The Morgan fingerprint density at radius 2 is 1.77 bits per heavy atom. The highest BCUT2D eigenvalue weighted by atomic mass is 35.5. The predicted molar refractivity (Wildman–Crippen MR) is 111 cm³/mol. The van der Waals surface area contributed by atoms with Crippen LogP contribution < -0.4 is 5.32 Å². The molecule has 3 rings (SSSR count). The van der Waals surface area contributed by atoms with Crippen LogP contribution in [-0.2, 0) is 11.3 Å². The summed E-state index contributed by atoms with van der Waals surface area (Å²) in [6.07, 6.45) is 0.443. The highest BCUT2D eigenvalue weighted by Crippen LogP contribution is 2.27. The van der Waals surface area contributed by atoms with Crippen LogP contribution in [0.1, 0.15) is 11.3 Å². The molecule has 0 bridgehead atoms. The molecule has 0 unspecified atom stereocenters. The van der Waals surface area contributed by atoms with E-state index in [9.17, 15) is 4.79 Å². The zero-order chi connectivity index (χ0) is 18.4. The third-order valence-corrected chi connectivity index (χ3v) is 5.28. The van der Waals surface area contributed by atoms with Gasteiger partial charge in [0.2, 0.25) is 5.91 Å². The van der Waals surface area contributed by atoms with E-state index in [0.717, 1.165) is 27.7 Å². The van der Waals surface area contributed by atoms with Crippen molar-refractivity contribution in [3.05, 3.63) is 75.9 Å². The van der Waals surface area contributed by atoms with Gasteiger partial charge in [-0.1, -0.05) is 60.1 Å². The summed E-state index contributed by atoms with van der Waals surface area (Å²) in [6, 6.07) is 21.9. The molecule has 0 radical (unpaired) electrons. The van der Waals surface area contributed by atoms with Crippen molar-refractivity contribution in [3.63, 3.8) is 0 Å². The van der Waals surface area contributed by atoms with E-state index in [4.69, 9.17) is 11.6 Å². The third kappa shape index (κ3) is 5.18. The van der Waals surface area contributed by atoms with Gasteiger partial charge in [-0.25, -0.2) is 0 Å². The van der Waals surface area contributed by atoms with Gasteiger partial charge >= 0.3 is 0 Å². The lowest BCUT2D eigenvalue weighted by atomic mass is 10.0. The van der Waals surface area contributed by atoms with Gasteiger partial charge in [0.05, 0.1) is 4.34 Å². The number of benzene rings is 2. The Hall–Kier alpha value is -2.14. The summed E-state index contributed by atoms with van der Waals surface area (Å²) in [7, 11) is 2.01. The third-order valence-electron chi connectivity index (χ3n) is 4.06. The second-order valence-electron chi connectivity index (χ2n) is 6.15. The van der Waals surface area contributed by atoms with Gasteiger partial charge in [0, 0.05) is 35.6 Å². The molecule has 3 aromatic rings. The van der Waals surface area contributed by atoms with E-state index >= 15 is 0 Å². The van der Waals surface area contributed by atoms with Crippen LogP contribution in [0.5, 0.6) is 0 Å².